The molecule has 2 amide bonds. The Kier molecular flexibility index (Phi) is 9.87. The van der Waals surface area contributed by atoms with E-state index in [9.17, 15) is 32.3 Å². The maximum atomic E-state index is 13.3. The van der Waals surface area contributed by atoms with Crippen molar-refractivity contribution in [3.05, 3.63) is 69.6 Å². The molecule has 0 saturated heterocycles. The molecule has 9 nitrogen and oxygen atoms in total. The van der Waals surface area contributed by atoms with Gasteiger partial charge in [0.2, 0.25) is 0 Å². The van der Waals surface area contributed by atoms with Crippen LogP contribution in [0.25, 0.3) is 0 Å². The predicted molar refractivity (Wildman–Crippen MR) is 128 cm³/mol. The zero-order valence-corrected chi connectivity index (χ0v) is 21.0. The van der Waals surface area contributed by atoms with Crippen molar-refractivity contribution in [1.29, 1.82) is 0 Å². The Morgan fingerprint density at radius 3 is 2.35 bits per heavy atom. The second-order valence-corrected chi connectivity index (χ2v) is 9.13. The summed E-state index contributed by atoms with van der Waals surface area (Å²) in [5, 5.41) is 4.96. The molecule has 0 unspecified atom stereocenters. The molecule has 1 aromatic carbocycles. The van der Waals surface area contributed by atoms with E-state index in [4.69, 9.17) is 9.47 Å². The molecule has 0 fully saturated rings. The van der Waals surface area contributed by atoms with Crippen molar-refractivity contribution < 1.29 is 37.0 Å². The van der Waals surface area contributed by atoms with Crippen LogP contribution in [0.5, 0.6) is 0 Å². The fourth-order valence-electron chi connectivity index (χ4n) is 3.39. The number of halogens is 3. The van der Waals surface area contributed by atoms with Crippen LogP contribution in [0.2, 0.25) is 0 Å². The number of rotatable bonds is 9. The Morgan fingerprint density at radius 1 is 1.05 bits per heavy atom. The molecule has 0 bridgehead atoms. The highest BCUT2D eigenvalue weighted by Gasteiger charge is 2.33. The lowest BCUT2D eigenvalue weighted by molar-refractivity contribution is -0.143. The number of nitrogens with one attached hydrogen (secondary N) is 2. The van der Waals surface area contributed by atoms with Crippen LogP contribution in [-0.2, 0) is 27.0 Å². The van der Waals surface area contributed by atoms with Gasteiger partial charge in [0.05, 0.1) is 19.2 Å². The summed E-state index contributed by atoms with van der Waals surface area (Å²) in [4.78, 5) is 49.6. The van der Waals surface area contributed by atoms with Crippen molar-refractivity contribution in [2.24, 2.45) is 0 Å². The lowest BCUT2D eigenvalue weighted by Crippen LogP contribution is -2.44. The van der Waals surface area contributed by atoms with E-state index in [1.807, 2.05) is 0 Å². The monoisotopic (exact) mass is 525 g/mol. The van der Waals surface area contributed by atoms with Crippen LogP contribution in [0.1, 0.15) is 55.1 Å². The molecule has 12 heteroatoms. The van der Waals surface area contributed by atoms with Gasteiger partial charge in [-0.1, -0.05) is 18.2 Å². The summed E-state index contributed by atoms with van der Waals surface area (Å²) in [5.74, 6) is -1.65. The highest BCUT2D eigenvalue weighted by molar-refractivity contribution is 5.96. The van der Waals surface area contributed by atoms with Gasteiger partial charge in [0, 0.05) is 12.7 Å². The summed E-state index contributed by atoms with van der Waals surface area (Å²) in [6.45, 7) is 4.87. The first-order valence-corrected chi connectivity index (χ1v) is 11.4. The van der Waals surface area contributed by atoms with Gasteiger partial charge in [0.25, 0.3) is 11.5 Å². The second-order valence-electron chi connectivity index (χ2n) is 9.13. The summed E-state index contributed by atoms with van der Waals surface area (Å²) in [6.07, 6.45) is -3.63. The molecular formula is C25H30F3N3O6. The minimum absolute atomic E-state index is 0.0776. The van der Waals surface area contributed by atoms with E-state index < -0.39 is 53.5 Å². The Balaban J connectivity index is 2.11. The summed E-state index contributed by atoms with van der Waals surface area (Å²) < 4.78 is 50.8. The van der Waals surface area contributed by atoms with E-state index in [-0.39, 0.29) is 30.5 Å². The Morgan fingerprint density at radius 2 is 1.73 bits per heavy atom. The standard InChI is InChI=1S/C25H30F3N3O6/c1-24(2,3)37-23(35)29-13-7-12-19(22(34)36-4)30-20(32)17-10-8-14-31(21(17)33)15-16-9-5-6-11-18(16)25(26,27)28/h5-6,8-11,14,19H,7,12-13,15H2,1-4H3,(H,29,35)(H,30,32)/t19-/m0/s1. The minimum atomic E-state index is -4.61. The summed E-state index contributed by atoms with van der Waals surface area (Å²) in [6, 6.07) is 6.26. The van der Waals surface area contributed by atoms with Crippen molar-refractivity contribution >= 4 is 18.0 Å². The number of esters is 1. The molecule has 202 valence electrons. The van der Waals surface area contributed by atoms with Gasteiger partial charge in [0.1, 0.15) is 17.2 Å². The number of carbonyl (C=O) groups excluding carboxylic acids is 3. The first-order chi connectivity index (χ1) is 17.2. The average molecular weight is 526 g/mol. The number of alkyl carbamates (subject to hydrolysis) is 1. The lowest BCUT2D eigenvalue weighted by Gasteiger charge is -2.20. The van der Waals surface area contributed by atoms with Crippen LogP contribution in [0.4, 0.5) is 18.0 Å². The van der Waals surface area contributed by atoms with Crippen LogP contribution >= 0.6 is 0 Å². The van der Waals surface area contributed by atoms with Crippen molar-refractivity contribution in [1.82, 2.24) is 15.2 Å². The zero-order valence-electron chi connectivity index (χ0n) is 21.0. The van der Waals surface area contributed by atoms with Gasteiger partial charge >= 0.3 is 18.2 Å². The first kappa shape index (κ1) is 29.4. The van der Waals surface area contributed by atoms with E-state index in [1.165, 1.54) is 36.5 Å². The highest BCUT2D eigenvalue weighted by atomic mass is 19.4. The number of aromatic nitrogens is 1. The van der Waals surface area contributed by atoms with E-state index in [0.717, 1.165) is 17.7 Å². The number of ether oxygens (including phenoxy) is 2. The third kappa shape index (κ3) is 8.96. The first-order valence-electron chi connectivity index (χ1n) is 11.4. The predicted octanol–water partition coefficient (Wildman–Crippen LogP) is 3.49. The summed E-state index contributed by atoms with van der Waals surface area (Å²) >= 11 is 0. The number of alkyl halides is 3. The fraction of sp³-hybridized carbons (Fsp3) is 0.440. The molecule has 1 atom stereocenters. The molecule has 0 saturated carbocycles. The van der Waals surface area contributed by atoms with Crippen LogP contribution < -0.4 is 16.2 Å². The van der Waals surface area contributed by atoms with E-state index in [1.54, 1.807) is 20.8 Å². The highest BCUT2D eigenvalue weighted by Crippen LogP contribution is 2.32. The number of hydrogen-bond acceptors (Lipinski definition) is 6. The van der Waals surface area contributed by atoms with Gasteiger partial charge in [0.15, 0.2) is 0 Å². The number of methoxy groups -OCH3 is 1. The maximum absolute atomic E-state index is 13.3. The third-order valence-corrected chi connectivity index (χ3v) is 5.06. The lowest BCUT2D eigenvalue weighted by atomic mass is 10.1. The quantitative estimate of drug-likeness (QED) is 0.383. The number of benzene rings is 1. The molecule has 2 N–H and O–H groups in total. The molecule has 2 rings (SSSR count). The van der Waals surface area contributed by atoms with Gasteiger partial charge < -0.3 is 24.7 Å². The van der Waals surface area contributed by atoms with Gasteiger partial charge in [-0.25, -0.2) is 9.59 Å². The van der Waals surface area contributed by atoms with E-state index in [0.29, 0.717) is 0 Å². The molecular weight excluding hydrogens is 495 g/mol. The van der Waals surface area contributed by atoms with Crippen molar-refractivity contribution in [3.8, 4) is 0 Å². The Labute approximate surface area is 211 Å². The van der Waals surface area contributed by atoms with Crippen LogP contribution in [0.15, 0.2) is 47.4 Å². The maximum Gasteiger partial charge on any atom is 0.416 e. The largest absolute Gasteiger partial charge is 0.467 e. The van der Waals surface area contributed by atoms with Crippen molar-refractivity contribution in [2.75, 3.05) is 13.7 Å². The average Bonchev–Trinajstić information content (AvgIpc) is 2.80. The Bertz CT molecular complexity index is 1170. The SMILES string of the molecule is COC(=O)[C@H](CCCNC(=O)OC(C)(C)C)NC(=O)c1cccn(Cc2ccccc2C(F)(F)F)c1=O. The molecule has 0 spiro atoms. The summed E-state index contributed by atoms with van der Waals surface area (Å²) in [5.41, 5.74) is -2.88. The molecule has 1 heterocycles. The number of pyridine rings is 1. The van der Waals surface area contributed by atoms with Gasteiger partial charge in [-0.15, -0.1) is 0 Å². The van der Waals surface area contributed by atoms with Gasteiger partial charge in [-0.3, -0.25) is 9.59 Å². The molecule has 1 aromatic heterocycles. The zero-order chi connectivity index (χ0) is 27.8. The van der Waals surface area contributed by atoms with Crippen LogP contribution in [0, 0.1) is 0 Å². The van der Waals surface area contributed by atoms with E-state index >= 15 is 0 Å². The van der Waals surface area contributed by atoms with Gasteiger partial charge in [-0.05, 0) is 57.4 Å². The normalized spacial score (nSPS) is 12.4. The molecule has 0 radical (unpaired) electrons. The van der Waals surface area contributed by atoms with Crippen LogP contribution in [-0.4, -0.2) is 47.8 Å². The smallest absolute Gasteiger partial charge is 0.416 e. The van der Waals surface area contributed by atoms with Crippen LogP contribution in [0.3, 0.4) is 0 Å². The second kappa shape index (κ2) is 12.4. The summed E-state index contributed by atoms with van der Waals surface area (Å²) in [7, 11) is 1.13. The number of amides is 2. The van der Waals surface area contributed by atoms with Crippen molar-refractivity contribution in [2.45, 2.75) is 58.0 Å². The topological polar surface area (TPSA) is 116 Å². The van der Waals surface area contributed by atoms with E-state index in [2.05, 4.69) is 10.6 Å². The third-order valence-electron chi connectivity index (χ3n) is 5.06. The molecule has 0 aliphatic carbocycles. The molecule has 37 heavy (non-hydrogen) atoms. The number of hydrogen-bond donors (Lipinski definition) is 2. The minimum Gasteiger partial charge on any atom is -0.467 e. The fourth-order valence-corrected chi connectivity index (χ4v) is 3.39. The van der Waals surface area contributed by atoms with Crippen molar-refractivity contribution in [3.63, 3.8) is 0 Å². The molecule has 0 aliphatic heterocycles. The Hall–Kier alpha value is -3.83. The van der Waals surface area contributed by atoms with Gasteiger partial charge in [-0.2, -0.15) is 13.2 Å². The number of carbonyl (C=O) groups is 3. The molecule has 2 aromatic rings. The molecule has 0 aliphatic rings. The number of nitrogens with zero attached hydrogens (tertiary/aromatic N) is 1.